The third-order valence-corrected chi connectivity index (χ3v) is 3.73. The fraction of sp³-hybridized carbons (Fsp3) is 0.250. The minimum absolute atomic E-state index is 0.375. The summed E-state index contributed by atoms with van der Waals surface area (Å²) >= 11 is 11.8. The van der Waals surface area contributed by atoms with Gasteiger partial charge in [-0.3, -0.25) is 0 Å². The lowest BCUT2D eigenvalue weighted by Crippen LogP contribution is -2.01. The number of hydrogen-bond donors (Lipinski definition) is 1. The Morgan fingerprint density at radius 3 is 2.50 bits per heavy atom. The number of ether oxygens (including phenoxy) is 1. The summed E-state index contributed by atoms with van der Waals surface area (Å²) in [6, 6.07) is 11.1. The van der Waals surface area contributed by atoms with Crippen molar-refractivity contribution in [1.82, 2.24) is 0 Å². The lowest BCUT2D eigenvalue weighted by atomic mass is 10.1. The summed E-state index contributed by atoms with van der Waals surface area (Å²) in [5.74, 6) is 0.677. The van der Waals surface area contributed by atoms with Gasteiger partial charge in [-0.05, 0) is 43.7 Å². The number of aryl methyl sites for hydroxylation is 1. The zero-order valence-corrected chi connectivity index (χ0v) is 12.9. The molecule has 0 radical (unpaired) electrons. The number of rotatable bonds is 4. The molecule has 0 fully saturated rings. The first-order chi connectivity index (χ1) is 9.47. The molecule has 1 N–H and O–H groups in total. The van der Waals surface area contributed by atoms with Gasteiger partial charge in [0.25, 0.3) is 0 Å². The van der Waals surface area contributed by atoms with Crippen molar-refractivity contribution in [2.24, 2.45) is 0 Å². The largest absolute Gasteiger partial charge is 0.489 e. The number of aliphatic hydroxyl groups excluding tert-OH is 1. The fourth-order valence-corrected chi connectivity index (χ4v) is 2.24. The van der Waals surface area contributed by atoms with Crippen LogP contribution in [0.25, 0.3) is 0 Å². The Labute approximate surface area is 128 Å². The Bertz CT molecular complexity index is 609. The van der Waals surface area contributed by atoms with E-state index in [0.717, 1.165) is 16.7 Å². The van der Waals surface area contributed by atoms with Crippen molar-refractivity contribution in [3.63, 3.8) is 0 Å². The topological polar surface area (TPSA) is 29.5 Å². The molecule has 0 saturated heterocycles. The van der Waals surface area contributed by atoms with E-state index in [1.165, 1.54) is 0 Å². The zero-order valence-electron chi connectivity index (χ0n) is 11.4. The van der Waals surface area contributed by atoms with Crippen molar-refractivity contribution in [3.05, 3.63) is 63.1 Å². The highest BCUT2D eigenvalue weighted by molar-refractivity contribution is 6.42. The first-order valence-corrected chi connectivity index (χ1v) is 7.08. The van der Waals surface area contributed by atoms with Gasteiger partial charge in [0.1, 0.15) is 12.4 Å². The summed E-state index contributed by atoms with van der Waals surface area (Å²) in [6.45, 7) is 4.08. The lowest BCUT2D eigenvalue weighted by Gasteiger charge is -2.14. The van der Waals surface area contributed by atoms with Crippen LogP contribution in [0.1, 0.15) is 29.7 Å². The molecule has 0 amide bonds. The molecule has 0 heterocycles. The molecule has 106 valence electrons. The second-order valence-corrected chi connectivity index (χ2v) is 5.57. The quantitative estimate of drug-likeness (QED) is 0.867. The first kappa shape index (κ1) is 15.2. The molecule has 0 aliphatic heterocycles. The normalized spacial score (nSPS) is 12.2. The lowest BCUT2D eigenvalue weighted by molar-refractivity contribution is 0.190. The molecule has 0 unspecified atom stereocenters. The average Bonchev–Trinajstić information content (AvgIpc) is 2.41. The van der Waals surface area contributed by atoms with Crippen molar-refractivity contribution < 1.29 is 9.84 Å². The summed E-state index contributed by atoms with van der Waals surface area (Å²) in [5.41, 5.74) is 2.80. The van der Waals surface area contributed by atoms with Crippen LogP contribution in [-0.4, -0.2) is 5.11 Å². The maximum Gasteiger partial charge on any atom is 0.125 e. The molecule has 1 atom stereocenters. The van der Waals surface area contributed by atoms with E-state index in [0.29, 0.717) is 22.4 Å². The molecular formula is C16H16Cl2O2. The Kier molecular flexibility index (Phi) is 4.92. The molecule has 0 aromatic heterocycles. The molecule has 0 aliphatic carbocycles. The van der Waals surface area contributed by atoms with Crippen LogP contribution >= 0.6 is 23.2 Å². The zero-order chi connectivity index (χ0) is 14.7. The second kappa shape index (κ2) is 6.49. The van der Waals surface area contributed by atoms with Crippen molar-refractivity contribution in [2.45, 2.75) is 26.6 Å². The van der Waals surface area contributed by atoms with E-state index in [1.54, 1.807) is 19.1 Å². The van der Waals surface area contributed by atoms with Crippen LogP contribution in [0.5, 0.6) is 5.75 Å². The summed E-state index contributed by atoms with van der Waals surface area (Å²) in [6.07, 6.45) is -0.571. The van der Waals surface area contributed by atoms with Crippen LogP contribution in [0.2, 0.25) is 10.0 Å². The van der Waals surface area contributed by atoms with Crippen LogP contribution < -0.4 is 4.74 Å². The van der Waals surface area contributed by atoms with Gasteiger partial charge in [-0.2, -0.15) is 0 Å². The Hall–Kier alpha value is -1.22. The van der Waals surface area contributed by atoms with E-state index in [-0.39, 0.29) is 0 Å². The van der Waals surface area contributed by atoms with Crippen LogP contribution in [0.4, 0.5) is 0 Å². The molecule has 4 heteroatoms. The minimum atomic E-state index is -0.571. The molecule has 0 saturated carbocycles. The predicted octanol–water partition coefficient (Wildman–Crippen LogP) is 4.93. The van der Waals surface area contributed by atoms with Gasteiger partial charge in [-0.1, -0.05) is 40.9 Å². The van der Waals surface area contributed by atoms with E-state index >= 15 is 0 Å². The Morgan fingerprint density at radius 2 is 1.85 bits per heavy atom. The van der Waals surface area contributed by atoms with Crippen molar-refractivity contribution in [1.29, 1.82) is 0 Å². The monoisotopic (exact) mass is 310 g/mol. The van der Waals surface area contributed by atoms with Gasteiger partial charge in [0.2, 0.25) is 0 Å². The van der Waals surface area contributed by atoms with Gasteiger partial charge < -0.3 is 9.84 Å². The third-order valence-electron chi connectivity index (χ3n) is 2.99. The molecule has 2 aromatic rings. The van der Waals surface area contributed by atoms with E-state index in [1.807, 2.05) is 31.2 Å². The predicted molar refractivity (Wildman–Crippen MR) is 82.6 cm³/mol. The van der Waals surface area contributed by atoms with Gasteiger partial charge in [0.15, 0.2) is 0 Å². The molecule has 20 heavy (non-hydrogen) atoms. The van der Waals surface area contributed by atoms with Crippen LogP contribution in [-0.2, 0) is 6.61 Å². The smallest absolute Gasteiger partial charge is 0.125 e. The molecule has 0 aliphatic rings. The SMILES string of the molecule is Cc1ccc(OCc2ccc(Cl)c(Cl)c2)c([C@@H](C)O)c1. The maximum absolute atomic E-state index is 9.79. The standard InChI is InChI=1S/C16H16Cl2O2/c1-10-3-6-16(13(7-10)11(2)19)20-9-12-4-5-14(17)15(18)8-12/h3-8,11,19H,9H2,1-2H3/t11-/m1/s1. The summed E-state index contributed by atoms with van der Waals surface area (Å²) in [7, 11) is 0. The van der Waals surface area contributed by atoms with E-state index in [2.05, 4.69) is 0 Å². The van der Waals surface area contributed by atoms with E-state index in [9.17, 15) is 5.11 Å². The number of benzene rings is 2. The van der Waals surface area contributed by atoms with Crippen LogP contribution in [0.15, 0.2) is 36.4 Å². The molecule has 0 spiro atoms. The fourth-order valence-electron chi connectivity index (χ4n) is 1.92. The number of hydrogen-bond acceptors (Lipinski definition) is 2. The van der Waals surface area contributed by atoms with Gasteiger partial charge in [0.05, 0.1) is 16.1 Å². The summed E-state index contributed by atoms with van der Waals surface area (Å²) < 4.78 is 5.77. The highest BCUT2D eigenvalue weighted by Gasteiger charge is 2.10. The van der Waals surface area contributed by atoms with Gasteiger partial charge in [-0.15, -0.1) is 0 Å². The molecule has 0 bridgehead atoms. The summed E-state index contributed by atoms with van der Waals surface area (Å²) in [4.78, 5) is 0. The molecule has 2 nitrogen and oxygen atoms in total. The molecule has 2 rings (SSSR count). The van der Waals surface area contributed by atoms with Crippen LogP contribution in [0.3, 0.4) is 0 Å². The molecule has 2 aromatic carbocycles. The van der Waals surface area contributed by atoms with E-state index in [4.69, 9.17) is 27.9 Å². The van der Waals surface area contributed by atoms with Crippen molar-refractivity contribution >= 4 is 23.2 Å². The van der Waals surface area contributed by atoms with Crippen LogP contribution in [0, 0.1) is 6.92 Å². The maximum atomic E-state index is 9.79. The van der Waals surface area contributed by atoms with E-state index < -0.39 is 6.10 Å². The minimum Gasteiger partial charge on any atom is -0.489 e. The highest BCUT2D eigenvalue weighted by Crippen LogP contribution is 2.28. The third kappa shape index (κ3) is 3.66. The highest BCUT2D eigenvalue weighted by atomic mass is 35.5. The number of halogens is 2. The average molecular weight is 311 g/mol. The molecular weight excluding hydrogens is 295 g/mol. The summed E-state index contributed by atoms with van der Waals surface area (Å²) in [5, 5.41) is 10.8. The van der Waals surface area contributed by atoms with Gasteiger partial charge >= 0.3 is 0 Å². The van der Waals surface area contributed by atoms with Crippen molar-refractivity contribution in [3.8, 4) is 5.75 Å². The second-order valence-electron chi connectivity index (χ2n) is 4.75. The van der Waals surface area contributed by atoms with Gasteiger partial charge in [0, 0.05) is 5.56 Å². The van der Waals surface area contributed by atoms with Crippen molar-refractivity contribution in [2.75, 3.05) is 0 Å². The Morgan fingerprint density at radius 1 is 1.10 bits per heavy atom. The van der Waals surface area contributed by atoms with Gasteiger partial charge in [-0.25, -0.2) is 0 Å². The Balaban J connectivity index is 2.16. The number of aliphatic hydroxyl groups is 1. The first-order valence-electron chi connectivity index (χ1n) is 6.32.